The molecule has 1 saturated heterocycles. The lowest BCUT2D eigenvalue weighted by atomic mass is 10.1. The van der Waals surface area contributed by atoms with Gasteiger partial charge in [0.05, 0.1) is 6.10 Å². The molecule has 4 nitrogen and oxygen atoms in total. The summed E-state index contributed by atoms with van der Waals surface area (Å²) in [6.07, 6.45) is 0.951. The molecular formula is C16H19NO3. The Labute approximate surface area is 119 Å². The van der Waals surface area contributed by atoms with E-state index in [9.17, 15) is 4.79 Å². The number of nitrogens with zero attached hydrogens (tertiary/aromatic N) is 1. The van der Waals surface area contributed by atoms with Crippen LogP contribution in [0.3, 0.4) is 0 Å². The Kier molecular flexibility index (Phi) is 5.16. The number of hydrogen-bond acceptors (Lipinski definition) is 3. The topological polar surface area (TPSA) is 49.8 Å². The minimum atomic E-state index is -0.160. The Morgan fingerprint density at radius 2 is 2.20 bits per heavy atom. The number of benzene rings is 1. The fourth-order valence-corrected chi connectivity index (χ4v) is 2.20. The summed E-state index contributed by atoms with van der Waals surface area (Å²) < 4.78 is 5.55. The summed E-state index contributed by atoms with van der Waals surface area (Å²) in [6.45, 7) is 3.90. The van der Waals surface area contributed by atoms with Crippen molar-refractivity contribution >= 4 is 5.91 Å². The van der Waals surface area contributed by atoms with Gasteiger partial charge >= 0.3 is 0 Å². The van der Waals surface area contributed by atoms with Gasteiger partial charge in [-0.05, 0) is 37.6 Å². The molecule has 0 bridgehead atoms. The van der Waals surface area contributed by atoms with Crippen molar-refractivity contribution in [1.29, 1.82) is 0 Å². The fraction of sp³-hybridized carbons (Fsp3) is 0.438. The predicted molar refractivity (Wildman–Crippen MR) is 76.3 cm³/mol. The lowest BCUT2D eigenvalue weighted by Gasteiger charge is -2.22. The van der Waals surface area contributed by atoms with Crippen LogP contribution in [0, 0.1) is 11.8 Å². The number of carbonyl (C=O) groups excluding carboxylic acids is 1. The average Bonchev–Trinajstić information content (AvgIpc) is 2.69. The third-order valence-corrected chi connectivity index (χ3v) is 3.18. The second-order valence-corrected chi connectivity index (χ2v) is 4.82. The van der Waals surface area contributed by atoms with Gasteiger partial charge < -0.3 is 14.7 Å². The van der Waals surface area contributed by atoms with Gasteiger partial charge in [0.1, 0.15) is 6.61 Å². The van der Waals surface area contributed by atoms with Crippen molar-refractivity contribution in [3.8, 4) is 11.8 Å². The van der Waals surface area contributed by atoms with Crippen molar-refractivity contribution in [3.05, 3.63) is 35.4 Å². The zero-order valence-electron chi connectivity index (χ0n) is 11.6. The molecule has 1 N–H and O–H groups in total. The molecule has 1 aliphatic rings. The molecule has 2 rings (SSSR count). The first-order valence-corrected chi connectivity index (χ1v) is 6.81. The summed E-state index contributed by atoms with van der Waals surface area (Å²) in [5, 5.41) is 8.65. The molecule has 1 amide bonds. The van der Waals surface area contributed by atoms with Gasteiger partial charge in [-0.25, -0.2) is 0 Å². The summed E-state index contributed by atoms with van der Waals surface area (Å²) in [5.41, 5.74) is 1.46. The van der Waals surface area contributed by atoms with Crippen molar-refractivity contribution in [3.63, 3.8) is 0 Å². The summed E-state index contributed by atoms with van der Waals surface area (Å²) in [4.78, 5) is 14.3. The van der Waals surface area contributed by atoms with E-state index in [-0.39, 0.29) is 18.6 Å². The Hall–Kier alpha value is -1.83. The molecule has 1 aliphatic heterocycles. The number of amides is 1. The van der Waals surface area contributed by atoms with Gasteiger partial charge in [0.2, 0.25) is 0 Å². The van der Waals surface area contributed by atoms with Gasteiger partial charge in [0.15, 0.2) is 0 Å². The van der Waals surface area contributed by atoms with E-state index in [1.165, 1.54) is 0 Å². The Bertz CT molecular complexity index is 513. The highest BCUT2D eigenvalue weighted by Crippen LogP contribution is 2.11. The number of hydrogen-bond donors (Lipinski definition) is 1. The molecular weight excluding hydrogens is 254 g/mol. The first kappa shape index (κ1) is 14.6. The molecule has 0 aromatic heterocycles. The summed E-state index contributed by atoms with van der Waals surface area (Å²) in [6, 6.07) is 7.15. The van der Waals surface area contributed by atoms with Crippen LogP contribution in [-0.4, -0.2) is 48.3 Å². The average molecular weight is 273 g/mol. The summed E-state index contributed by atoms with van der Waals surface area (Å²) in [5.74, 6) is 5.43. The predicted octanol–water partition coefficient (Wildman–Crippen LogP) is 1.28. The Morgan fingerprint density at radius 3 is 2.90 bits per heavy atom. The highest BCUT2D eigenvalue weighted by Gasteiger charge is 2.20. The molecule has 1 unspecified atom stereocenters. The van der Waals surface area contributed by atoms with Crippen LogP contribution in [0.2, 0.25) is 0 Å². The molecule has 1 atom stereocenters. The molecule has 0 saturated carbocycles. The lowest BCUT2D eigenvalue weighted by Crippen LogP contribution is -2.35. The second-order valence-electron chi connectivity index (χ2n) is 4.82. The molecule has 1 aromatic carbocycles. The zero-order valence-corrected chi connectivity index (χ0v) is 11.6. The maximum atomic E-state index is 12.4. The van der Waals surface area contributed by atoms with Crippen LogP contribution < -0.4 is 0 Å². The lowest BCUT2D eigenvalue weighted by molar-refractivity contribution is 0.0563. The minimum absolute atomic E-state index is 0.0315. The third kappa shape index (κ3) is 3.83. The molecule has 0 radical (unpaired) electrons. The van der Waals surface area contributed by atoms with Crippen molar-refractivity contribution in [2.24, 2.45) is 0 Å². The van der Waals surface area contributed by atoms with Gasteiger partial charge in [-0.15, -0.1) is 0 Å². The highest BCUT2D eigenvalue weighted by molar-refractivity contribution is 5.94. The normalized spacial score (nSPS) is 18.9. The van der Waals surface area contributed by atoms with E-state index in [4.69, 9.17) is 9.84 Å². The van der Waals surface area contributed by atoms with Gasteiger partial charge in [0, 0.05) is 30.8 Å². The summed E-state index contributed by atoms with van der Waals surface area (Å²) >= 11 is 0. The van der Waals surface area contributed by atoms with Gasteiger partial charge in [0.25, 0.3) is 5.91 Å². The summed E-state index contributed by atoms with van der Waals surface area (Å²) in [7, 11) is 0. The zero-order chi connectivity index (χ0) is 14.4. The number of rotatable bonds is 1. The number of carbonyl (C=O) groups is 1. The monoisotopic (exact) mass is 273 g/mol. The van der Waals surface area contributed by atoms with Crippen LogP contribution in [-0.2, 0) is 4.74 Å². The first-order chi connectivity index (χ1) is 9.70. The largest absolute Gasteiger partial charge is 0.384 e. The van der Waals surface area contributed by atoms with Crippen LogP contribution >= 0.6 is 0 Å². The second kappa shape index (κ2) is 7.09. The van der Waals surface area contributed by atoms with Crippen molar-refractivity contribution < 1.29 is 14.6 Å². The molecule has 0 aliphatic carbocycles. The maximum Gasteiger partial charge on any atom is 0.253 e. The number of aliphatic hydroxyl groups is 1. The molecule has 1 aromatic rings. The van der Waals surface area contributed by atoms with Gasteiger partial charge in [-0.3, -0.25) is 4.79 Å². The van der Waals surface area contributed by atoms with Crippen LogP contribution in [0.15, 0.2) is 24.3 Å². The quantitative estimate of drug-likeness (QED) is 0.784. The van der Waals surface area contributed by atoms with E-state index in [1.807, 2.05) is 11.8 Å². The van der Waals surface area contributed by atoms with Crippen molar-refractivity contribution in [1.82, 2.24) is 4.90 Å². The molecule has 1 fully saturated rings. The molecule has 4 heteroatoms. The van der Waals surface area contributed by atoms with Gasteiger partial charge in [-0.2, -0.15) is 0 Å². The van der Waals surface area contributed by atoms with E-state index < -0.39 is 0 Å². The molecule has 1 heterocycles. The minimum Gasteiger partial charge on any atom is -0.384 e. The van der Waals surface area contributed by atoms with E-state index >= 15 is 0 Å². The number of aliphatic hydroxyl groups excluding tert-OH is 1. The highest BCUT2D eigenvalue weighted by atomic mass is 16.5. The van der Waals surface area contributed by atoms with E-state index in [1.54, 1.807) is 24.3 Å². The van der Waals surface area contributed by atoms with Crippen LogP contribution in [0.4, 0.5) is 0 Å². The van der Waals surface area contributed by atoms with Crippen LogP contribution in [0.1, 0.15) is 29.3 Å². The SMILES string of the molecule is CC1CN(C(=O)c2ccc(C#CCO)cc2)CCCO1. The standard InChI is InChI=1S/C16H19NO3/c1-13-12-17(9-3-11-20-13)16(19)15-7-5-14(6-8-15)4-2-10-18/h5-8,13,18H,3,9-12H2,1H3. The number of ether oxygens (including phenoxy) is 1. The van der Waals surface area contributed by atoms with E-state index in [0.717, 1.165) is 18.5 Å². The van der Waals surface area contributed by atoms with Crippen molar-refractivity contribution in [2.75, 3.05) is 26.3 Å². The Morgan fingerprint density at radius 1 is 1.45 bits per heavy atom. The van der Waals surface area contributed by atoms with Crippen LogP contribution in [0.25, 0.3) is 0 Å². The van der Waals surface area contributed by atoms with E-state index in [2.05, 4.69) is 11.8 Å². The molecule has 20 heavy (non-hydrogen) atoms. The fourth-order valence-electron chi connectivity index (χ4n) is 2.20. The molecule has 106 valence electrons. The molecule has 0 spiro atoms. The van der Waals surface area contributed by atoms with Crippen molar-refractivity contribution in [2.45, 2.75) is 19.4 Å². The smallest absolute Gasteiger partial charge is 0.253 e. The Balaban J connectivity index is 2.08. The van der Waals surface area contributed by atoms with E-state index in [0.29, 0.717) is 18.7 Å². The third-order valence-electron chi connectivity index (χ3n) is 3.18. The maximum absolute atomic E-state index is 12.4. The first-order valence-electron chi connectivity index (χ1n) is 6.81. The van der Waals surface area contributed by atoms with Crippen LogP contribution in [0.5, 0.6) is 0 Å². The van der Waals surface area contributed by atoms with Gasteiger partial charge in [-0.1, -0.05) is 11.8 Å².